The topological polar surface area (TPSA) is 66.7 Å². The van der Waals surface area contributed by atoms with Crippen LogP contribution in [0.4, 0.5) is 11.4 Å². The minimum Gasteiger partial charge on any atom is -0.362 e. The number of halogens is 1. The van der Waals surface area contributed by atoms with Gasteiger partial charge in [0.15, 0.2) is 0 Å². The standard InChI is InChI=1S/C17H16BrN3O3/c18-14-6-7-15(16(12-14)21(23)24)19-8-10-20(11-9-19)17(22)13-4-2-1-3-5-13/h1-7,12H,8-11H2. The van der Waals surface area contributed by atoms with Crippen molar-refractivity contribution < 1.29 is 9.72 Å². The quantitative estimate of drug-likeness (QED) is 0.596. The Kier molecular flexibility index (Phi) is 4.80. The number of nitrogens with zero attached hydrogens (tertiary/aromatic N) is 3. The summed E-state index contributed by atoms with van der Waals surface area (Å²) >= 11 is 3.27. The van der Waals surface area contributed by atoms with Gasteiger partial charge in [-0.25, -0.2) is 0 Å². The summed E-state index contributed by atoms with van der Waals surface area (Å²) < 4.78 is 0.677. The Balaban J connectivity index is 1.72. The van der Waals surface area contributed by atoms with Crippen molar-refractivity contribution in [3.8, 4) is 0 Å². The van der Waals surface area contributed by atoms with E-state index in [1.54, 1.807) is 29.2 Å². The highest BCUT2D eigenvalue weighted by atomic mass is 79.9. The minimum atomic E-state index is -0.373. The van der Waals surface area contributed by atoms with E-state index in [2.05, 4.69) is 15.9 Å². The summed E-state index contributed by atoms with van der Waals surface area (Å²) in [4.78, 5) is 27.1. The van der Waals surface area contributed by atoms with Crippen molar-refractivity contribution in [3.63, 3.8) is 0 Å². The van der Waals surface area contributed by atoms with Crippen molar-refractivity contribution in [2.75, 3.05) is 31.1 Å². The molecule has 0 bridgehead atoms. The molecule has 2 aromatic rings. The number of hydrogen-bond donors (Lipinski definition) is 0. The van der Waals surface area contributed by atoms with Gasteiger partial charge in [-0.2, -0.15) is 0 Å². The van der Waals surface area contributed by atoms with Crippen LogP contribution < -0.4 is 4.90 Å². The lowest BCUT2D eigenvalue weighted by molar-refractivity contribution is -0.384. The van der Waals surface area contributed by atoms with Crippen LogP contribution in [0.15, 0.2) is 53.0 Å². The maximum Gasteiger partial charge on any atom is 0.293 e. The molecule has 6 nitrogen and oxygen atoms in total. The molecule has 1 heterocycles. The van der Waals surface area contributed by atoms with Crippen LogP contribution >= 0.6 is 15.9 Å². The molecule has 0 unspecified atom stereocenters. The van der Waals surface area contributed by atoms with Crippen molar-refractivity contribution in [1.29, 1.82) is 0 Å². The summed E-state index contributed by atoms with van der Waals surface area (Å²) in [7, 11) is 0. The molecule has 124 valence electrons. The molecule has 1 saturated heterocycles. The van der Waals surface area contributed by atoms with Crippen LogP contribution in [0.3, 0.4) is 0 Å². The van der Waals surface area contributed by atoms with Crippen LogP contribution in [0.5, 0.6) is 0 Å². The van der Waals surface area contributed by atoms with Crippen molar-refractivity contribution >= 4 is 33.2 Å². The summed E-state index contributed by atoms with van der Waals surface area (Å²) in [6.07, 6.45) is 0. The maximum absolute atomic E-state index is 12.5. The molecule has 0 N–H and O–H groups in total. The molecule has 0 aliphatic carbocycles. The number of rotatable bonds is 3. The zero-order valence-electron chi connectivity index (χ0n) is 12.9. The van der Waals surface area contributed by atoms with Gasteiger partial charge in [-0.05, 0) is 24.3 Å². The van der Waals surface area contributed by atoms with Crippen LogP contribution in [-0.2, 0) is 0 Å². The first kappa shape index (κ1) is 16.4. The van der Waals surface area contributed by atoms with Crippen LogP contribution in [0.25, 0.3) is 0 Å². The third-order valence-electron chi connectivity index (χ3n) is 4.06. The van der Waals surface area contributed by atoms with Crippen molar-refractivity contribution in [3.05, 3.63) is 68.7 Å². The Morgan fingerprint density at radius 1 is 1.04 bits per heavy atom. The fraction of sp³-hybridized carbons (Fsp3) is 0.235. The van der Waals surface area contributed by atoms with E-state index in [-0.39, 0.29) is 16.5 Å². The highest BCUT2D eigenvalue weighted by molar-refractivity contribution is 9.10. The van der Waals surface area contributed by atoms with Gasteiger partial charge < -0.3 is 9.80 Å². The van der Waals surface area contributed by atoms with Crippen LogP contribution in [-0.4, -0.2) is 41.9 Å². The fourth-order valence-corrected chi connectivity index (χ4v) is 3.17. The number of hydrogen-bond acceptors (Lipinski definition) is 4. The van der Waals surface area contributed by atoms with Crippen LogP contribution in [0.2, 0.25) is 0 Å². The van der Waals surface area contributed by atoms with Gasteiger partial charge >= 0.3 is 0 Å². The normalized spacial score (nSPS) is 14.5. The molecule has 1 aliphatic rings. The van der Waals surface area contributed by atoms with Crippen molar-refractivity contribution in [1.82, 2.24) is 4.90 Å². The van der Waals surface area contributed by atoms with Gasteiger partial charge in [0.1, 0.15) is 5.69 Å². The van der Waals surface area contributed by atoms with Crippen molar-refractivity contribution in [2.45, 2.75) is 0 Å². The molecule has 7 heteroatoms. The summed E-state index contributed by atoms with van der Waals surface area (Å²) in [6, 6.07) is 14.2. The summed E-state index contributed by atoms with van der Waals surface area (Å²) in [5.41, 5.74) is 1.34. The highest BCUT2D eigenvalue weighted by Gasteiger charge is 2.26. The molecule has 1 fully saturated rings. The third-order valence-corrected chi connectivity index (χ3v) is 4.56. The Morgan fingerprint density at radius 2 is 1.71 bits per heavy atom. The number of anilines is 1. The molecule has 24 heavy (non-hydrogen) atoms. The first-order chi connectivity index (χ1) is 11.6. The van der Waals surface area contributed by atoms with E-state index in [0.717, 1.165) is 0 Å². The maximum atomic E-state index is 12.5. The second-order valence-corrected chi connectivity index (χ2v) is 6.45. The molecule has 0 atom stereocenters. The van der Waals surface area contributed by atoms with E-state index in [9.17, 15) is 14.9 Å². The molecule has 0 saturated carbocycles. The second kappa shape index (κ2) is 7.00. The number of carbonyl (C=O) groups is 1. The largest absolute Gasteiger partial charge is 0.362 e. The predicted octanol–water partition coefficient (Wildman–Crippen LogP) is 3.32. The highest BCUT2D eigenvalue weighted by Crippen LogP contribution is 2.31. The zero-order valence-corrected chi connectivity index (χ0v) is 14.5. The first-order valence-electron chi connectivity index (χ1n) is 7.59. The number of benzene rings is 2. The van der Waals surface area contributed by atoms with Crippen LogP contribution in [0, 0.1) is 10.1 Å². The number of nitro groups is 1. The molecular weight excluding hydrogens is 374 g/mol. The van der Waals surface area contributed by atoms with E-state index >= 15 is 0 Å². The van der Waals surface area contributed by atoms with Gasteiger partial charge in [-0.3, -0.25) is 14.9 Å². The number of piperazine rings is 1. The van der Waals surface area contributed by atoms with E-state index < -0.39 is 0 Å². The van der Waals surface area contributed by atoms with E-state index in [1.807, 2.05) is 23.1 Å². The first-order valence-corrected chi connectivity index (χ1v) is 8.39. The Morgan fingerprint density at radius 3 is 2.33 bits per heavy atom. The summed E-state index contributed by atoms with van der Waals surface area (Å²) in [6.45, 7) is 2.23. The van der Waals surface area contributed by atoms with Gasteiger partial charge in [0, 0.05) is 42.3 Å². The zero-order chi connectivity index (χ0) is 17.1. The Labute approximate surface area is 148 Å². The smallest absolute Gasteiger partial charge is 0.293 e. The molecule has 0 aromatic heterocycles. The lowest BCUT2D eigenvalue weighted by Crippen LogP contribution is -2.48. The van der Waals surface area contributed by atoms with E-state index in [1.165, 1.54) is 6.07 Å². The van der Waals surface area contributed by atoms with Crippen LogP contribution in [0.1, 0.15) is 10.4 Å². The average Bonchev–Trinajstić information content (AvgIpc) is 2.62. The number of carbonyl (C=O) groups excluding carboxylic acids is 1. The Hall–Kier alpha value is -2.41. The molecule has 0 radical (unpaired) electrons. The minimum absolute atomic E-state index is 0.000515. The van der Waals surface area contributed by atoms with E-state index in [0.29, 0.717) is 41.9 Å². The van der Waals surface area contributed by atoms with Gasteiger partial charge in [0.05, 0.1) is 4.92 Å². The van der Waals surface area contributed by atoms with Gasteiger partial charge in [0.25, 0.3) is 11.6 Å². The molecule has 3 rings (SSSR count). The number of nitro benzene ring substituents is 1. The third kappa shape index (κ3) is 3.41. The van der Waals surface area contributed by atoms with Gasteiger partial charge in [0.2, 0.25) is 0 Å². The SMILES string of the molecule is O=C(c1ccccc1)N1CCN(c2ccc(Br)cc2[N+](=O)[O-])CC1. The number of amides is 1. The van der Waals surface area contributed by atoms with Gasteiger partial charge in [-0.15, -0.1) is 0 Å². The van der Waals surface area contributed by atoms with Crippen molar-refractivity contribution in [2.24, 2.45) is 0 Å². The van der Waals surface area contributed by atoms with E-state index in [4.69, 9.17) is 0 Å². The summed E-state index contributed by atoms with van der Waals surface area (Å²) in [5, 5.41) is 11.3. The Bertz CT molecular complexity index is 759. The monoisotopic (exact) mass is 389 g/mol. The molecule has 2 aromatic carbocycles. The van der Waals surface area contributed by atoms with Gasteiger partial charge in [-0.1, -0.05) is 34.1 Å². The second-order valence-electron chi connectivity index (χ2n) is 5.54. The lowest BCUT2D eigenvalue weighted by atomic mass is 10.1. The summed E-state index contributed by atoms with van der Waals surface area (Å²) in [5.74, 6) is 0.000515. The lowest BCUT2D eigenvalue weighted by Gasteiger charge is -2.35. The predicted molar refractivity (Wildman–Crippen MR) is 95.4 cm³/mol. The molecule has 1 aliphatic heterocycles. The molecular formula is C17H16BrN3O3. The fourth-order valence-electron chi connectivity index (χ4n) is 2.82. The molecule has 1 amide bonds. The molecule has 0 spiro atoms. The average molecular weight is 390 g/mol.